The molecule has 2 N–H and O–H groups in total. The molecule has 26 heavy (non-hydrogen) atoms. The summed E-state index contributed by atoms with van der Waals surface area (Å²) in [5.41, 5.74) is 2.10. The Morgan fingerprint density at radius 3 is 2.46 bits per heavy atom. The van der Waals surface area contributed by atoms with Crippen LogP contribution in [0.15, 0.2) is 48.5 Å². The van der Waals surface area contributed by atoms with Crippen molar-refractivity contribution in [2.45, 2.75) is 6.42 Å². The molecule has 1 heterocycles. The van der Waals surface area contributed by atoms with E-state index in [2.05, 4.69) is 15.5 Å². The largest absolute Gasteiger partial charge is 0.384 e. The lowest BCUT2D eigenvalue weighted by molar-refractivity contribution is -0.115. The zero-order chi connectivity index (χ0) is 18.2. The van der Waals surface area contributed by atoms with Crippen LogP contribution in [0, 0.1) is 5.82 Å². The summed E-state index contributed by atoms with van der Waals surface area (Å²) in [7, 11) is 0. The normalized spacial score (nSPS) is 14.8. The van der Waals surface area contributed by atoms with Crippen molar-refractivity contribution in [3.8, 4) is 0 Å². The summed E-state index contributed by atoms with van der Waals surface area (Å²) in [5, 5.41) is 6.17. The number of morpholine rings is 1. The van der Waals surface area contributed by atoms with Gasteiger partial charge in [-0.2, -0.15) is 0 Å². The summed E-state index contributed by atoms with van der Waals surface area (Å²) in [6, 6.07) is 13.9. The van der Waals surface area contributed by atoms with Gasteiger partial charge in [-0.15, -0.1) is 0 Å². The van der Waals surface area contributed by atoms with Gasteiger partial charge in [-0.3, -0.25) is 9.69 Å². The smallest absolute Gasteiger partial charge is 0.228 e. The molecule has 1 aliphatic heterocycles. The van der Waals surface area contributed by atoms with Crippen LogP contribution in [-0.4, -0.2) is 50.2 Å². The number of anilines is 2. The van der Waals surface area contributed by atoms with Crippen molar-refractivity contribution in [3.63, 3.8) is 0 Å². The molecule has 2 aromatic rings. The zero-order valence-corrected chi connectivity index (χ0v) is 14.7. The van der Waals surface area contributed by atoms with Crippen LogP contribution in [0.1, 0.15) is 5.56 Å². The number of hydrogen-bond donors (Lipinski definition) is 2. The second-order valence-corrected chi connectivity index (χ2v) is 6.27. The number of ether oxygens (including phenoxy) is 1. The fourth-order valence-corrected chi connectivity index (χ4v) is 2.87. The van der Waals surface area contributed by atoms with Gasteiger partial charge in [0.05, 0.1) is 19.6 Å². The topological polar surface area (TPSA) is 53.6 Å². The average molecular weight is 357 g/mol. The average Bonchev–Trinajstić information content (AvgIpc) is 2.66. The van der Waals surface area contributed by atoms with Gasteiger partial charge in [0.1, 0.15) is 5.82 Å². The molecule has 0 atom stereocenters. The number of hydrogen-bond acceptors (Lipinski definition) is 4. The van der Waals surface area contributed by atoms with E-state index in [0.29, 0.717) is 11.3 Å². The van der Waals surface area contributed by atoms with E-state index in [4.69, 9.17) is 4.74 Å². The molecule has 5 nitrogen and oxygen atoms in total. The Hall–Kier alpha value is -2.44. The Kier molecular flexibility index (Phi) is 6.57. The van der Waals surface area contributed by atoms with Crippen LogP contribution in [0.5, 0.6) is 0 Å². The molecule has 1 saturated heterocycles. The van der Waals surface area contributed by atoms with E-state index in [0.717, 1.165) is 45.1 Å². The molecule has 2 aromatic carbocycles. The predicted molar refractivity (Wildman–Crippen MR) is 101 cm³/mol. The number of rotatable bonds is 7. The first kappa shape index (κ1) is 18.4. The molecule has 0 radical (unpaired) electrons. The minimum absolute atomic E-state index is 0.0201. The van der Waals surface area contributed by atoms with Crippen LogP contribution < -0.4 is 10.6 Å². The maximum absolute atomic E-state index is 13.6. The number of carbonyl (C=O) groups is 1. The first-order valence-electron chi connectivity index (χ1n) is 8.88. The Balaban J connectivity index is 1.43. The summed E-state index contributed by atoms with van der Waals surface area (Å²) in [6.45, 7) is 5.41. The molecule has 0 bridgehead atoms. The fraction of sp³-hybridized carbons (Fsp3) is 0.350. The van der Waals surface area contributed by atoms with Crippen molar-refractivity contribution in [3.05, 3.63) is 59.9 Å². The van der Waals surface area contributed by atoms with Crippen LogP contribution in [0.3, 0.4) is 0 Å². The lowest BCUT2D eigenvalue weighted by Crippen LogP contribution is -2.38. The van der Waals surface area contributed by atoms with Crippen molar-refractivity contribution in [2.75, 3.05) is 50.0 Å². The number of halogens is 1. The highest BCUT2D eigenvalue weighted by Gasteiger charge is 2.10. The van der Waals surface area contributed by atoms with Crippen LogP contribution in [0.25, 0.3) is 0 Å². The van der Waals surface area contributed by atoms with Crippen molar-refractivity contribution in [1.82, 2.24) is 4.90 Å². The monoisotopic (exact) mass is 357 g/mol. The lowest BCUT2D eigenvalue weighted by atomic mass is 10.1. The highest BCUT2D eigenvalue weighted by atomic mass is 19.1. The maximum atomic E-state index is 13.6. The highest BCUT2D eigenvalue weighted by molar-refractivity contribution is 5.92. The molecular weight excluding hydrogens is 333 g/mol. The highest BCUT2D eigenvalue weighted by Crippen LogP contribution is 2.14. The molecular formula is C20H24FN3O2. The minimum Gasteiger partial charge on any atom is -0.384 e. The molecule has 6 heteroatoms. The summed E-state index contributed by atoms with van der Waals surface area (Å²) in [5.74, 6) is -0.592. The molecule has 0 spiro atoms. The lowest BCUT2D eigenvalue weighted by Gasteiger charge is -2.26. The molecule has 138 valence electrons. The molecule has 0 unspecified atom stereocenters. The van der Waals surface area contributed by atoms with Gasteiger partial charge in [-0.25, -0.2) is 4.39 Å². The third-order valence-electron chi connectivity index (χ3n) is 4.34. The Bertz CT molecular complexity index is 715. The van der Waals surface area contributed by atoms with Crippen LogP contribution >= 0.6 is 0 Å². The van der Waals surface area contributed by atoms with E-state index in [9.17, 15) is 9.18 Å². The van der Waals surface area contributed by atoms with Gasteiger partial charge >= 0.3 is 0 Å². The van der Waals surface area contributed by atoms with E-state index >= 15 is 0 Å². The first-order chi connectivity index (χ1) is 12.7. The standard InChI is InChI=1S/C20H24FN3O2/c21-19-4-2-1-3-16(19)15-20(25)23-18-7-5-17(6-8-18)22-9-10-24-11-13-26-14-12-24/h1-8,22H,9-15H2,(H,23,25). The number of nitrogens with zero attached hydrogens (tertiary/aromatic N) is 1. The molecule has 1 amide bonds. The number of amides is 1. The van der Waals surface area contributed by atoms with Gasteiger partial charge in [0.2, 0.25) is 5.91 Å². The fourth-order valence-electron chi connectivity index (χ4n) is 2.87. The zero-order valence-electron chi connectivity index (χ0n) is 14.7. The Labute approximate surface area is 153 Å². The van der Waals surface area contributed by atoms with Gasteiger partial charge in [-0.05, 0) is 35.9 Å². The second-order valence-electron chi connectivity index (χ2n) is 6.27. The molecule has 0 aliphatic carbocycles. The van der Waals surface area contributed by atoms with Gasteiger partial charge in [0.15, 0.2) is 0 Å². The van der Waals surface area contributed by atoms with Gasteiger partial charge in [0, 0.05) is 37.6 Å². The summed E-state index contributed by atoms with van der Waals surface area (Å²) >= 11 is 0. The first-order valence-corrected chi connectivity index (χ1v) is 8.88. The van der Waals surface area contributed by atoms with E-state index in [1.54, 1.807) is 18.2 Å². The molecule has 1 fully saturated rings. The Morgan fingerprint density at radius 2 is 1.73 bits per heavy atom. The second kappa shape index (κ2) is 9.31. The summed E-state index contributed by atoms with van der Waals surface area (Å²) in [6.07, 6.45) is 0.0201. The number of benzene rings is 2. The molecule has 0 aromatic heterocycles. The molecule has 0 saturated carbocycles. The van der Waals surface area contributed by atoms with Crippen LogP contribution in [-0.2, 0) is 16.0 Å². The van der Waals surface area contributed by atoms with Crippen LogP contribution in [0.4, 0.5) is 15.8 Å². The van der Waals surface area contributed by atoms with E-state index in [1.807, 2.05) is 24.3 Å². The predicted octanol–water partition coefficient (Wildman–Crippen LogP) is 2.75. The van der Waals surface area contributed by atoms with Crippen molar-refractivity contribution >= 4 is 17.3 Å². The minimum atomic E-state index is -0.359. The van der Waals surface area contributed by atoms with Crippen LogP contribution in [0.2, 0.25) is 0 Å². The third-order valence-corrected chi connectivity index (χ3v) is 4.34. The molecule has 1 aliphatic rings. The summed E-state index contributed by atoms with van der Waals surface area (Å²) < 4.78 is 18.9. The van der Waals surface area contributed by atoms with Gasteiger partial charge < -0.3 is 15.4 Å². The van der Waals surface area contributed by atoms with Crippen molar-refractivity contribution in [1.29, 1.82) is 0 Å². The van der Waals surface area contributed by atoms with Gasteiger partial charge in [-0.1, -0.05) is 18.2 Å². The Morgan fingerprint density at radius 1 is 1.04 bits per heavy atom. The SMILES string of the molecule is O=C(Cc1ccccc1F)Nc1ccc(NCCN2CCOCC2)cc1. The van der Waals surface area contributed by atoms with Crippen molar-refractivity contribution < 1.29 is 13.9 Å². The van der Waals surface area contributed by atoms with Crippen molar-refractivity contribution in [2.24, 2.45) is 0 Å². The third kappa shape index (κ3) is 5.54. The van der Waals surface area contributed by atoms with E-state index in [1.165, 1.54) is 6.07 Å². The van der Waals surface area contributed by atoms with E-state index in [-0.39, 0.29) is 18.1 Å². The number of nitrogens with one attached hydrogen (secondary N) is 2. The summed E-state index contributed by atoms with van der Waals surface area (Å²) in [4.78, 5) is 14.4. The van der Waals surface area contributed by atoms with Gasteiger partial charge in [0.25, 0.3) is 0 Å². The maximum Gasteiger partial charge on any atom is 0.228 e. The number of carbonyl (C=O) groups excluding carboxylic acids is 1. The quantitative estimate of drug-likeness (QED) is 0.800. The van der Waals surface area contributed by atoms with E-state index < -0.39 is 0 Å². The molecule has 3 rings (SSSR count).